The van der Waals surface area contributed by atoms with Crippen molar-refractivity contribution in [3.63, 3.8) is 0 Å². The molecule has 0 radical (unpaired) electrons. The van der Waals surface area contributed by atoms with E-state index in [0.717, 1.165) is 44.3 Å². The highest BCUT2D eigenvalue weighted by Gasteiger charge is 2.09. The average molecular weight is 447 g/mol. The molecule has 0 aliphatic carbocycles. The molecule has 1 aromatic heterocycles. The Morgan fingerprint density at radius 1 is 0.912 bits per heavy atom. The molecule has 3 N–H and O–H groups in total. The van der Waals surface area contributed by atoms with E-state index >= 15 is 0 Å². The third kappa shape index (κ3) is 4.42. The van der Waals surface area contributed by atoms with Crippen molar-refractivity contribution in [3.05, 3.63) is 108 Å². The van der Waals surface area contributed by atoms with Crippen LogP contribution in [0.2, 0.25) is 0 Å². The fourth-order valence-electron chi connectivity index (χ4n) is 3.84. The number of carbonyl (C=O) groups excluding carboxylic acids is 1. The first kappa shape index (κ1) is 21.2. The van der Waals surface area contributed by atoms with Gasteiger partial charge in [0.05, 0.1) is 11.7 Å². The quantitative estimate of drug-likeness (QED) is 0.178. The number of anilines is 2. The van der Waals surface area contributed by atoms with Crippen molar-refractivity contribution in [1.82, 2.24) is 10.4 Å². The minimum atomic E-state index is -0.307. The van der Waals surface area contributed by atoms with Crippen LogP contribution in [0.15, 0.2) is 96.1 Å². The molecular formula is C28H22N4O2. The van der Waals surface area contributed by atoms with Crippen molar-refractivity contribution in [2.45, 2.75) is 6.92 Å². The first-order chi connectivity index (χ1) is 16.6. The summed E-state index contributed by atoms with van der Waals surface area (Å²) in [7, 11) is 0. The average Bonchev–Trinajstić information content (AvgIpc) is 2.85. The Morgan fingerprint density at radius 3 is 2.47 bits per heavy atom. The van der Waals surface area contributed by atoms with Crippen molar-refractivity contribution >= 4 is 45.2 Å². The van der Waals surface area contributed by atoms with Crippen LogP contribution in [0, 0.1) is 6.92 Å². The van der Waals surface area contributed by atoms with Gasteiger partial charge in [-0.25, -0.2) is 5.43 Å². The first-order valence-corrected chi connectivity index (χ1v) is 10.9. The zero-order valence-corrected chi connectivity index (χ0v) is 18.5. The van der Waals surface area contributed by atoms with E-state index in [9.17, 15) is 9.90 Å². The molecule has 0 unspecified atom stereocenters. The SMILES string of the molecule is Cc1cc(Nc2ccc(C(=O)N/N=C\c3ccc(O)cc3)cc2)c2ccc3ccccc3c2n1. The molecule has 6 heteroatoms. The fourth-order valence-corrected chi connectivity index (χ4v) is 3.84. The number of aryl methyl sites for hydroxylation is 1. The van der Waals surface area contributed by atoms with Crippen LogP contribution in [0.4, 0.5) is 11.4 Å². The second-order valence-electron chi connectivity index (χ2n) is 7.99. The standard InChI is InChI=1S/C28H22N4O2/c1-18-16-26(25-15-10-20-4-2-3-5-24(20)27(25)30-18)31-22-11-8-21(9-12-22)28(34)32-29-17-19-6-13-23(33)14-7-19/h2-17,33H,1H3,(H,30,31)(H,32,34)/b29-17-. The Labute approximate surface area is 196 Å². The zero-order chi connectivity index (χ0) is 23.5. The number of hydrogen-bond donors (Lipinski definition) is 3. The predicted molar refractivity (Wildman–Crippen MR) is 137 cm³/mol. The number of hydrogen-bond acceptors (Lipinski definition) is 5. The van der Waals surface area contributed by atoms with Gasteiger partial charge >= 0.3 is 0 Å². The summed E-state index contributed by atoms with van der Waals surface area (Å²) in [6.07, 6.45) is 1.52. The maximum absolute atomic E-state index is 12.4. The summed E-state index contributed by atoms with van der Waals surface area (Å²) in [5.41, 5.74) is 7.50. The van der Waals surface area contributed by atoms with Gasteiger partial charge in [-0.1, -0.05) is 36.4 Å². The topological polar surface area (TPSA) is 86.6 Å². The number of pyridine rings is 1. The minimum Gasteiger partial charge on any atom is -0.508 e. The van der Waals surface area contributed by atoms with Crippen molar-refractivity contribution in [2.75, 3.05) is 5.32 Å². The Hall–Kier alpha value is -4.71. The van der Waals surface area contributed by atoms with Crippen LogP contribution in [0.25, 0.3) is 21.7 Å². The van der Waals surface area contributed by atoms with Crippen molar-refractivity contribution < 1.29 is 9.90 Å². The number of aromatic hydroxyl groups is 1. The predicted octanol–water partition coefficient (Wildman–Crippen LogP) is 5.91. The molecule has 34 heavy (non-hydrogen) atoms. The maximum Gasteiger partial charge on any atom is 0.271 e. The third-order valence-corrected chi connectivity index (χ3v) is 5.53. The highest BCUT2D eigenvalue weighted by atomic mass is 16.3. The summed E-state index contributed by atoms with van der Waals surface area (Å²) in [4.78, 5) is 17.2. The van der Waals surface area contributed by atoms with E-state index in [1.165, 1.54) is 6.21 Å². The number of benzene rings is 4. The van der Waals surface area contributed by atoms with Crippen LogP contribution in [0.1, 0.15) is 21.6 Å². The van der Waals surface area contributed by atoms with Crippen molar-refractivity contribution in [1.29, 1.82) is 0 Å². The third-order valence-electron chi connectivity index (χ3n) is 5.53. The summed E-state index contributed by atoms with van der Waals surface area (Å²) in [5.74, 6) is -0.128. The van der Waals surface area contributed by atoms with Gasteiger partial charge < -0.3 is 10.4 Å². The zero-order valence-electron chi connectivity index (χ0n) is 18.5. The molecule has 4 aromatic carbocycles. The lowest BCUT2D eigenvalue weighted by Crippen LogP contribution is -2.17. The molecule has 6 nitrogen and oxygen atoms in total. The summed E-state index contributed by atoms with van der Waals surface area (Å²) < 4.78 is 0. The lowest BCUT2D eigenvalue weighted by molar-refractivity contribution is 0.0955. The van der Waals surface area contributed by atoms with Crippen LogP contribution in [0.5, 0.6) is 5.75 Å². The largest absolute Gasteiger partial charge is 0.508 e. The molecule has 1 amide bonds. The second kappa shape index (κ2) is 9.03. The number of rotatable bonds is 5. The van der Waals surface area contributed by atoms with E-state index in [0.29, 0.717) is 5.56 Å². The number of carbonyl (C=O) groups is 1. The number of fused-ring (bicyclic) bond motifs is 3. The van der Waals surface area contributed by atoms with Gasteiger partial charge in [0.15, 0.2) is 0 Å². The highest BCUT2D eigenvalue weighted by Crippen LogP contribution is 2.31. The van der Waals surface area contributed by atoms with Crippen molar-refractivity contribution in [2.24, 2.45) is 5.10 Å². The van der Waals surface area contributed by atoms with Crippen LogP contribution in [-0.2, 0) is 0 Å². The van der Waals surface area contributed by atoms with Gasteiger partial charge in [0.2, 0.25) is 0 Å². The normalized spacial score (nSPS) is 11.2. The van der Waals surface area contributed by atoms with Gasteiger partial charge in [-0.2, -0.15) is 5.10 Å². The number of nitrogens with zero attached hydrogens (tertiary/aromatic N) is 2. The molecule has 0 aliphatic rings. The molecule has 1 heterocycles. The molecule has 0 spiro atoms. The van der Waals surface area contributed by atoms with Crippen LogP contribution in [0.3, 0.4) is 0 Å². The lowest BCUT2D eigenvalue weighted by atomic mass is 10.0. The monoisotopic (exact) mass is 446 g/mol. The van der Waals surface area contributed by atoms with Gasteiger partial charge in [-0.3, -0.25) is 9.78 Å². The van der Waals surface area contributed by atoms with Gasteiger partial charge in [0, 0.05) is 33.4 Å². The van der Waals surface area contributed by atoms with E-state index in [2.05, 4.69) is 40.1 Å². The smallest absolute Gasteiger partial charge is 0.271 e. The Balaban J connectivity index is 1.33. The first-order valence-electron chi connectivity index (χ1n) is 10.9. The van der Waals surface area contributed by atoms with E-state index in [1.54, 1.807) is 36.4 Å². The number of hydrazone groups is 1. The maximum atomic E-state index is 12.4. The van der Waals surface area contributed by atoms with E-state index in [4.69, 9.17) is 4.98 Å². The molecule has 0 atom stereocenters. The Kier molecular flexibility index (Phi) is 5.62. The molecule has 5 aromatic rings. The minimum absolute atomic E-state index is 0.179. The van der Waals surface area contributed by atoms with Gasteiger partial charge in [0.25, 0.3) is 5.91 Å². The van der Waals surface area contributed by atoms with Crippen LogP contribution in [-0.4, -0.2) is 22.2 Å². The van der Waals surface area contributed by atoms with Crippen molar-refractivity contribution in [3.8, 4) is 5.75 Å². The van der Waals surface area contributed by atoms with Gasteiger partial charge in [-0.15, -0.1) is 0 Å². The Morgan fingerprint density at radius 2 is 1.68 bits per heavy atom. The summed E-state index contributed by atoms with van der Waals surface area (Å²) in [5, 5.41) is 20.1. The van der Waals surface area contributed by atoms with E-state index < -0.39 is 0 Å². The van der Waals surface area contributed by atoms with Crippen LogP contribution < -0.4 is 10.7 Å². The summed E-state index contributed by atoms with van der Waals surface area (Å²) >= 11 is 0. The van der Waals surface area contributed by atoms with E-state index in [-0.39, 0.29) is 11.7 Å². The molecule has 5 rings (SSSR count). The Bertz CT molecular complexity index is 1530. The second-order valence-corrected chi connectivity index (χ2v) is 7.99. The van der Waals surface area contributed by atoms with Crippen LogP contribution >= 0.6 is 0 Å². The van der Waals surface area contributed by atoms with E-state index in [1.807, 2.05) is 37.3 Å². The lowest BCUT2D eigenvalue weighted by Gasteiger charge is -2.13. The molecule has 0 fully saturated rings. The number of nitrogens with one attached hydrogen (secondary N) is 2. The highest BCUT2D eigenvalue weighted by molar-refractivity contribution is 6.09. The number of phenols is 1. The molecule has 0 bridgehead atoms. The number of aromatic nitrogens is 1. The molecule has 0 saturated heterocycles. The van der Waals surface area contributed by atoms with Gasteiger partial charge in [-0.05, 0) is 72.5 Å². The summed E-state index contributed by atoms with van der Waals surface area (Å²) in [6, 6.07) is 28.2. The number of amides is 1. The van der Waals surface area contributed by atoms with Gasteiger partial charge in [0.1, 0.15) is 5.75 Å². The fraction of sp³-hybridized carbons (Fsp3) is 0.0357. The molecule has 0 aliphatic heterocycles. The molecule has 0 saturated carbocycles. The number of phenolic OH excluding ortho intramolecular Hbond substituents is 1. The molecule has 166 valence electrons. The summed E-state index contributed by atoms with van der Waals surface area (Å²) in [6.45, 7) is 1.98. The molecular weight excluding hydrogens is 424 g/mol.